The molecule has 1 saturated heterocycles. The van der Waals surface area contributed by atoms with Crippen LogP contribution in [0.3, 0.4) is 0 Å². The van der Waals surface area contributed by atoms with Gasteiger partial charge in [-0.1, -0.05) is 18.2 Å². The molecule has 1 fully saturated rings. The van der Waals surface area contributed by atoms with Gasteiger partial charge in [0.15, 0.2) is 0 Å². The van der Waals surface area contributed by atoms with Crippen molar-refractivity contribution in [3.8, 4) is 11.8 Å². The largest absolute Gasteiger partial charge is 0.491 e. The predicted molar refractivity (Wildman–Crippen MR) is 97.8 cm³/mol. The lowest BCUT2D eigenvalue weighted by molar-refractivity contribution is 0.0663. The molecule has 2 aromatic rings. The van der Waals surface area contributed by atoms with Crippen LogP contribution in [0.15, 0.2) is 54.6 Å². The molecule has 5 nitrogen and oxygen atoms in total. The number of β-amino-alcohol motifs (C(OH)–C–C–N with tert-alkyl or cyclic N) is 1. The van der Waals surface area contributed by atoms with E-state index in [1.54, 1.807) is 0 Å². The van der Waals surface area contributed by atoms with Gasteiger partial charge >= 0.3 is 0 Å². The van der Waals surface area contributed by atoms with Crippen molar-refractivity contribution in [3.05, 3.63) is 60.2 Å². The van der Waals surface area contributed by atoms with Crippen molar-refractivity contribution < 1.29 is 9.84 Å². The summed E-state index contributed by atoms with van der Waals surface area (Å²) in [5.74, 6) is 0.784. The van der Waals surface area contributed by atoms with Gasteiger partial charge in [0.2, 0.25) is 0 Å². The number of nitriles is 1. The predicted octanol–water partition coefficient (Wildman–Crippen LogP) is 2.12. The van der Waals surface area contributed by atoms with E-state index in [2.05, 4.69) is 15.9 Å². The SMILES string of the molecule is N#Cc1ccc(N2CCN(C[C@H](O)COc3ccccc3)CC2)cc1. The molecule has 0 amide bonds. The van der Waals surface area contributed by atoms with Gasteiger partial charge in [0.05, 0.1) is 11.6 Å². The number of hydrogen-bond donors (Lipinski definition) is 1. The molecule has 0 radical (unpaired) electrons. The first-order chi connectivity index (χ1) is 12.2. The minimum absolute atomic E-state index is 0.305. The Balaban J connectivity index is 1.42. The number of piperazine rings is 1. The van der Waals surface area contributed by atoms with Crippen LogP contribution in [0.5, 0.6) is 5.75 Å². The zero-order valence-electron chi connectivity index (χ0n) is 14.2. The Kier molecular flexibility index (Phi) is 5.89. The normalized spacial score (nSPS) is 16.2. The van der Waals surface area contributed by atoms with E-state index in [9.17, 15) is 5.11 Å². The van der Waals surface area contributed by atoms with Gasteiger partial charge in [0, 0.05) is 38.4 Å². The molecule has 0 spiro atoms. The number of anilines is 1. The molecule has 1 N–H and O–H groups in total. The number of benzene rings is 2. The first-order valence-electron chi connectivity index (χ1n) is 8.58. The topological polar surface area (TPSA) is 59.7 Å². The Hall–Kier alpha value is -2.55. The van der Waals surface area contributed by atoms with Crippen LogP contribution in [-0.4, -0.2) is 55.4 Å². The van der Waals surface area contributed by atoms with E-state index >= 15 is 0 Å². The highest BCUT2D eigenvalue weighted by Crippen LogP contribution is 2.17. The Bertz CT molecular complexity index is 689. The van der Waals surface area contributed by atoms with E-state index in [1.165, 1.54) is 0 Å². The third-order valence-electron chi connectivity index (χ3n) is 4.39. The van der Waals surface area contributed by atoms with Crippen molar-refractivity contribution in [1.29, 1.82) is 5.26 Å². The fourth-order valence-corrected chi connectivity index (χ4v) is 3.00. The summed E-state index contributed by atoms with van der Waals surface area (Å²) in [6.45, 7) is 4.56. The summed E-state index contributed by atoms with van der Waals surface area (Å²) in [6, 6.07) is 19.4. The first-order valence-corrected chi connectivity index (χ1v) is 8.58. The molecule has 0 unspecified atom stereocenters. The molecule has 1 aliphatic heterocycles. The average molecular weight is 337 g/mol. The third-order valence-corrected chi connectivity index (χ3v) is 4.39. The van der Waals surface area contributed by atoms with Crippen LogP contribution in [0.2, 0.25) is 0 Å². The zero-order valence-corrected chi connectivity index (χ0v) is 14.2. The van der Waals surface area contributed by atoms with Crippen molar-refractivity contribution in [2.75, 3.05) is 44.2 Å². The summed E-state index contributed by atoms with van der Waals surface area (Å²) in [6.07, 6.45) is -0.498. The summed E-state index contributed by atoms with van der Waals surface area (Å²) >= 11 is 0. The summed E-state index contributed by atoms with van der Waals surface area (Å²) in [7, 11) is 0. The second kappa shape index (κ2) is 8.52. The minimum atomic E-state index is -0.498. The van der Waals surface area contributed by atoms with Crippen molar-refractivity contribution in [1.82, 2.24) is 4.90 Å². The monoisotopic (exact) mass is 337 g/mol. The molecule has 3 rings (SSSR count). The molecule has 25 heavy (non-hydrogen) atoms. The fourth-order valence-electron chi connectivity index (χ4n) is 3.00. The number of aliphatic hydroxyl groups is 1. The number of aliphatic hydroxyl groups excluding tert-OH is 1. The molecule has 0 bridgehead atoms. The van der Waals surface area contributed by atoms with E-state index in [0.717, 1.165) is 37.6 Å². The van der Waals surface area contributed by atoms with Crippen LogP contribution in [0.25, 0.3) is 0 Å². The highest BCUT2D eigenvalue weighted by Gasteiger charge is 2.19. The van der Waals surface area contributed by atoms with Gasteiger partial charge in [-0.25, -0.2) is 0 Å². The van der Waals surface area contributed by atoms with Gasteiger partial charge in [-0.05, 0) is 36.4 Å². The highest BCUT2D eigenvalue weighted by molar-refractivity contribution is 5.50. The molecular formula is C20H23N3O2. The molecule has 130 valence electrons. The molecule has 2 aromatic carbocycles. The van der Waals surface area contributed by atoms with E-state index < -0.39 is 6.10 Å². The quantitative estimate of drug-likeness (QED) is 0.875. The molecule has 1 atom stereocenters. The number of ether oxygens (including phenoxy) is 1. The second-order valence-corrected chi connectivity index (χ2v) is 6.22. The Morgan fingerprint density at radius 2 is 1.68 bits per heavy atom. The van der Waals surface area contributed by atoms with Crippen molar-refractivity contribution in [3.63, 3.8) is 0 Å². The molecule has 5 heteroatoms. The van der Waals surface area contributed by atoms with Crippen LogP contribution in [0, 0.1) is 11.3 Å². The Morgan fingerprint density at radius 1 is 1.00 bits per heavy atom. The first kappa shape index (κ1) is 17.3. The Labute approximate surface area is 148 Å². The summed E-state index contributed by atoms with van der Waals surface area (Å²) in [4.78, 5) is 4.57. The maximum Gasteiger partial charge on any atom is 0.119 e. The molecule has 1 aliphatic rings. The fraction of sp³-hybridized carbons (Fsp3) is 0.350. The van der Waals surface area contributed by atoms with Crippen LogP contribution in [0.1, 0.15) is 5.56 Å². The standard InChI is InChI=1S/C20H23N3O2/c21-14-17-6-8-18(9-7-17)23-12-10-22(11-13-23)15-19(24)16-25-20-4-2-1-3-5-20/h1-9,19,24H,10-13,15-16H2/t19-/m0/s1. The van der Waals surface area contributed by atoms with E-state index in [0.29, 0.717) is 18.7 Å². The van der Waals surface area contributed by atoms with Gasteiger partial charge < -0.3 is 14.7 Å². The summed E-state index contributed by atoms with van der Waals surface area (Å²) in [5, 5.41) is 19.1. The minimum Gasteiger partial charge on any atom is -0.491 e. The second-order valence-electron chi connectivity index (χ2n) is 6.22. The van der Waals surface area contributed by atoms with Crippen LogP contribution in [-0.2, 0) is 0 Å². The molecule has 1 heterocycles. The maximum atomic E-state index is 10.2. The van der Waals surface area contributed by atoms with Crippen LogP contribution in [0.4, 0.5) is 5.69 Å². The Morgan fingerprint density at radius 3 is 2.32 bits per heavy atom. The number of hydrogen-bond acceptors (Lipinski definition) is 5. The van der Waals surface area contributed by atoms with Gasteiger partial charge in [-0.15, -0.1) is 0 Å². The molecule has 0 aromatic heterocycles. The maximum absolute atomic E-state index is 10.2. The lowest BCUT2D eigenvalue weighted by Crippen LogP contribution is -2.49. The van der Waals surface area contributed by atoms with Gasteiger partial charge in [0.1, 0.15) is 18.5 Å². The third kappa shape index (κ3) is 4.96. The zero-order chi connectivity index (χ0) is 17.5. The average Bonchev–Trinajstić information content (AvgIpc) is 2.68. The molecule has 0 aliphatic carbocycles. The van der Waals surface area contributed by atoms with Gasteiger partial charge in [-0.2, -0.15) is 5.26 Å². The highest BCUT2D eigenvalue weighted by atomic mass is 16.5. The van der Waals surface area contributed by atoms with Crippen LogP contribution >= 0.6 is 0 Å². The summed E-state index contributed by atoms with van der Waals surface area (Å²) < 4.78 is 5.61. The molecular weight excluding hydrogens is 314 g/mol. The van der Waals surface area contributed by atoms with Crippen molar-refractivity contribution in [2.24, 2.45) is 0 Å². The van der Waals surface area contributed by atoms with Gasteiger partial charge in [0.25, 0.3) is 0 Å². The lowest BCUT2D eigenvalue weighted by Gasteiger charge is -2.36. The van der Waals surface area contributed by atoms with E-state index in [1.807, 2.05) is 54.6 Å². The lowest BCUT2D eigenvalue weighted by atomic mass is 10.2. The van der Waals surface area contributed by atoms with Crippen LogP contribution < -0.4 is 9.64 Å². The van der Waals surface area contributed by atoms with Gasteiger partial charge in [-0.3, -0.25) is 4.90 Å². The van der Waals surface area contributed by atoms with E-state index in [-0.39, 0.29) is 0 Å². The molecule has 0 saturated carbocycles. The van der Waals surface area contributed by atoms with Crippen molar-refractivity contribution >= 4 is 5.69 Å². The van der Waals surface area contributed by atoms with Crippen molar-refractivity contribution in [2.45, 2.75) is 6.10 Å². The number of rotatable bonds is 6. The number of para-hydroxylation sites is 1. The van der Waals surface area contributed by atoms with E-state index in [4.69, 9.17) is 10.00 Å². The number of nitrogens with zero attached hydrogens (tertiary/aromatic N) is 3. The smallest absolute Gasteiger partial charge is 0.119 e. The summed E-state index contributed by atoms with van der Waals surface area (Å²) in [5.41, 5.74) is 1.83.